The Morgan fingerprint density at radius 2 is 2.00 bits per heavy atom. The predicted octanol–water partition coefficient (Wildman–Crippen LogP) is 1.79. The van der Waals surface area contributed by atoms with Crippen LogP contribution < -0.4 is 0 Å². The number of halogens is 1. The molecule has 1 aromatic rings. The number of carbonyl (C=O) groups excluding carboxylic acids is 2. The van der Waals surface area contributed by atoms with E-state index in [0.717, 1.165) is 0 Å². The zero-order chi connectivity index (χ0) is 9.84. The van der Waals surface area contributed by atoms with Gasteiger partial charge in [0.15, 0.2) is 6.29 Å². The van der Waals surface area contributed by atoms with E-state index in [1.54, 1.807) is 6.07 Å². The van der Waals surface area contributed by atoms with E-state index in [1.165, 1.54) is 6.07 Å². The van der Waals surface area contributed by atoms with Crippen molar-refractivity contribution in [1.29, 1.82) is 5.26 Å². The summed E-state index contributed by atoms with van der Waals surface area (Å²) in [5, 5.41) is 8.67. The largest absolute Gasteiger partial charge is 0.298 e. The highest BCUT2D eigenvalue weighted by molar-refractivity contribution is 14.1. The van der Waals surface area contributed by atoms with Crippen LogP contribution >= 0.6 is 22.6 Å². The molecule has 0 spiro atoms. The monoisotopic (exact) mass is 285 g/mol. The van der Waals surface area contributed by atoms with Gasteiger partial charge in [0.2, 0.25) is 0 Å². The second kappa shape index (κ2) is 4.14. The molecule has 64 valence electrons. The van der Waals surface area contributed by atoms with Gasteiger partial charge in [0.05, 0.1) is 11.6 Å². The van der Waals surface area contributed by atoms with Gasteiger partial charge in [0.1, 0.15) is 6.29 Å². The summed E-state index contributed by atoms with van der Waals surface area (Å²) in [5.41, 5.74) is 0.990. The second-order valence-corrected chi connectivity index (χ2v) is 3.47. The van der Waals surface area contributed by atoms with Gasteiger partial charge < -0.3 is 0 Å². The number of hydrogen-bond donors (Lipinski definition) is 0. The second-order valence-electron chi connectivity index (χ2n) is 2.31. The number of aldehydes is 2. The lowest BCUT2D eigenvalue weighted by atomic mass is 10.1. The fourth-order valence-electron chi connectivity index (χ4n) is 0.919. The minimum atomic E-state index is 0.240. The van der Waals surface area contributed by atoms with Crippen molar-refractivity contribution in [3.63, 3.8) is 0 Å². The third-order valence-corrected chi connectivity index (χ3v) is 2.42. The Morgan fingerprint density at radius 1 is 1.31 bits per heavy atom. The summed E-state index contributed by atoms with van der Waals surface area (Å²) in [6.07, 6.45) is 1.27. The standard InChI is InChI=1S/C9H4INO2/c10-9-2-6(4-12)1-7(3-11)8(9)5-13/h1-2,4-5H. The van der Waals surface area contributed by atoms with Gasteiger partial charge in [-0.1, -0.05) is 0 Å². The lowest BCUT2D eigenvalue weighted by molar-refractivity contribution is 0.111. The molecule has 0 atom stereocenters. The molecule has 13 heavy (non-hydrogen) atoms. The van der Waals surface area contributed by atoms with Crippen LogP contribution in [0.1, 0.15) is 26.3 Å². The maximum atomic E-state index is 10.6. The van der Waals surface area contributed by atoms with E-state index >= 15 is 0 Å². The van der Waals surface area contributed by atoms with Crippen molar-refractivity contribution < 1.29 is 9.59 Å². The van der Waals surface area contributed by atoms with Crippen LogP contribution in [-0.2, 0) is 0 Å². The van der Waals surface area contributed by atoms with Crippen LogP contribution in [0.25, 0.3) is 0 Å². The van der Waals surface area contributed by atoms with Crippen LogP contribution in [0, 0.1) is 14.9 Å². The molecule has 1 aromatic carbocycles. The van der Waals surface area contributed by atoms with Crippen LogP contribution in [0.4, 0.5) is 0 Å². The quantitative estimate of drug-likeness (QED) is 0.615. The van der Waals surface area contributed by atoms with Crippen molar-refractivity contribution in [2.45, 2.75) is 0 Å². The summed E-state index contributed by atoms with van der Waals surface area (Å²) in [6.45, 7) is 0. The molecule has 0 saturated heterocycles. The van der Waals surface area contributed by atoms with Gasteiger partial charge in [-0.15, -0.1) is 0 Å². The van der Waals surface area contributed by atoms with Gasteiger partial charge in [0.25, 0.3) is 0 Å². The molecule has 0 aliphatic carbocycles. The summed E-state index contributed by atoms with van der Waals surface area (Å²) in [5.74, 6) is 0. The van der Waals surface area contributed by atoms with Crippen molar-refractivity contribution in [2.24, 2.45) is 0 Å². The first-order chi connectivity index (χ1) is 6.22. The third-order valence-electron chi connectivity index (χ3n) is 1.53. The van der Waals surface area contributed by atoms with Crippen LogP contribution in [0.2, 0.25) is 0 Å². The first kappa shape index (κ1) is 9.86. The summed E-state index contributed by atoms with van der Waals surface area (Å²) in [6, 6.07) is 4.84. The Hall–Kier alpha value is -1.22. The Labute approximate surface area is 88.5 Å². The molecule has 0 unspecified atom stereocenters. The summed E-state index contributed by atoms with van der Waals surface area (Å²) in [4.78, 5) is 21.0. The SMILES string of the molecule is N#Cc1cc(C=O)cc(I)c1C=O. The molecular weight excluding hydrogens is 281 g/mol. The number of carbonyl (C=O) groups is 2. The molecule has 3 nitrogen and oxygen atoms in total. The number of benzene rings is 1. The topological polar surface area (TPSA) is 57.9 Å². The number of hydrogen-bond acceptors (Lipinski definition) is 3. The zero-order valence-electron chi connectivity index (χ0n) is 6.45. The van der Waals surface area contributed by atoms with E-state index in [2.05, 4.69) is 0 Å². The Morgan fingerprint density at radius 3 is 2.46 bits per heavy atom. The van der Waals surface area contributed by atoms with Crippen LogP contribution in [0.5, 0.6) is 0 Å². The van der Waals surface area contributed by atoms with Crippen LogP contribution in [-0.4, -0.2) is 12.6 Å². The smallest absolute Gasteiger partial charge is 0.152 e. The van der Waals surface area contributed by atoms with Gasteiger partial charge in [-0.25, -0.2) is 0 Å². The number of nitriles is 1. The normalized spacial score (nSPS) is 8.92. The third kappa shape index (κ3) is 1.92. The summed E-state index contributed by atoms with van der Waals surface area (Å²) in [7, 11) is 0. The lowest BCUT2D eigenvalue weighted by Gasteiger charge is -1.99. The fourth-order valence-corrected chi connectivity index (χ4v) is 1.70. The maximum absolute atomic E-state index is 10.6. The Kier molecular flexibility index (Phi) is 3.14. The predicted molar refractivity (Wildman–Crippen MR) is 54.6 cm³/mol. The molecule has 0 heterocycles. The van der Waals surface area contributed by atoms with E-state index in [4.69, 9.17) is 5.26 Å². The van der Waals surface area contributed by atoms with Crippen molar-refractivity contribution >= 4 is 35.2 Å². The minimum absolute atomic E-state index is 0.240. The maximum Gasteiger partial charge on any atom is 0.152 e. The van der Waals surface area contributed by atoms with Gasteiger partial charge >= 0.3 is 0 Å². The molecule has 0 fully saturated rings. The summed E-state index contributed by atoms with van der Waals surface area (Å²) < 4.78 is 0.619. The van der Waals surface area contributed by atoms with E-state index in [9.17, 15) is 9.59 Å². The molecule has 0 aliphatic heterocycles. The first-order valence-corrected chi connectivity index (χ1v) is 4.44. The van der Waals surface area contributed by atoms with Gasteiger partial charge in [0, 0.05) is 14.7 Å². The van der Waals surface area contributed by atoms with Crippen molar-refractivity contribution in [3.05, 3.63) is 32.4 Å². The van der Waals surface area contributed by atoms with E-state index in [1.807, 2.05) is 28.7 Å². The molecule has 0 saturated carbocycles. The zero-order valence-corrected chi connectivity index (χ0v) is 8.61. The molecule has 4 heteroatoms. The van der Waals surface area contributed by atoms with Crippen molar-refractivity contribution in [3.8, 4) is 6.07 Å². The highest BCUT2D eigenvalue weighted by Gasteiger charge is 2.07. The van der Waals surface area contributed by atoms with E-state index in [0.29, 0.717) is 27.3 Å². The van der Waals surface area contributed by atoms with Gasteiger partial charge in [-0.2, -0.15) is 5.26 Å². The van der Waals surface area contributed by atoms with Crippen molar-refractivity contribution in [2.75, 3.05) is 0 Å². The van der Waals surface area contributed by atoms with E-state index < -0.39 is 0 Å². The molecule has 0 amide bonds. The number of rotatable bonds is 2. The summed E-state index contributed by atoms with van der Waals surface area (Å²) >= 11 is 1.92. The molecule has 0 aliphatic rings. The lowest BCUT2D eigenvalue weighted by Crippen LogP contribution is -1.94. The van der Waals surface area contributed by atoms with Crippen LogP contribution in [0.15, 0.2) is 12.1 Å². The molecule has 0 N–H and O–H groups in total. The highest BCUT2D eigenvalue weighted by atomic mass is 127. The fraction of sp³-hybridized carbons (Fsp3) is 0. The average Bonchev–Trinajstić information content (AvgIpc) is 2.16. The molecule has 0 bridgehead atoms. The van der Waals surface area contributed by atoms with Gasteiger partial charge in [-0.05, 0) is 34.7 Å². The van der Waals surface area contributed by atoms with Crippen molar-refractivity contribution in [1.82, 2.24) is 0 Å². The Bertz CT molecular complexity index is 407. The molecular formula is C9H4INO2. The van der Waals surface area contributed by atoms with E-state index in [-0.39, 0.29) is 5.56 Å². The minimum Gasteiger partial charge on any atom is -0.298 e. The number of nitrogens with zero attached hydrogens (tertiary/aromatic N) is 1. The van der Waals surface area contributed by atoms with Gasteiger partial charge in [-0.3, -0.25) is 9.59 Å². The average molecular weight is 285 g/mol. The first-order valence-electron chi connectivity index (χ1n) is 3.37. The molecule has 0 aromatic heterocycles. The highest BCUT2D eigenvalue weighted by Crippen LogP contribution is 2.16. The Balaban J connectivity index is 3.48. The molecule has 1 rings (SSSR count). The molecule has 0 radical (unpaired) electrons. The van der Waals surface area contributed by atoms with Crippen LogP contribution in [0.3, 0.4) is 0 Å².